The van der Waals surface area contributed by atoms with Crippen LogP contribution >= 0.6 is 0 Å². The molecule has 0 spiro atoms. The molecule has 1 atom stereocenters. The van der Waals surface area contributed by atoms with E-state index < -0.39 is 0 Å². The maximum absolute atomic E-state index is 8.99. The van der Waals surface area contributed by atoms with E-state index in [4.69, 9.17) is 10.8 Å². The molecule has 14 heavy (non-hydrogen) atoms. The Morgan fingerprint density at radius 2 is 2.29 bits per heavy atom. The SMILES string of the molecule is CC(C)n1ccc(CC(CN)CO)n1. The van der Waals surface area contributed by atoms with Crippen LogP contribution in [0, 0.1) is 5.92 Å². The van der Waals surface area contributed by atoms with Crippen LogP contribution in [0.3, 0.4) is 0 Å². The lowest BCUT2D eigenvalue weighted by atomic mass is 10.1. The van der Waals surface area contributed by atoms with Crippen LogP contribution < -0.4 is 5.73 Å². The van der Waals surface area contributed by atoms with Gasteiger partial charge in [-0.1, -0.05) is 0 Å². The topological polar surface area (TPSA) is 64.1 Å². The average molecular weight is 197 g/mol. The van der Waals surface area contributed by atoms with Crippen LogP contribution in [0.4, 0.5) is 0 Å². The molecule has 1 heterocycles. The van der Waals surface area contributed by atoms with Crippen LogP contribution in [0.5, 0.6) is 0 Å². The summed E-state index contributed by atoms with van der Waals surface area (Å²) in [7, 11) is 0. The molecule has 1 rings (SSSR count). The lowest BCUT2D eigenvalue weighted by Gasteiger charge is -2.09. The van der Waals surface area contributed by atoms with Crippen LogP contribution in [-0.4, -0.2) is 28.0 Å². The standard InChI is InChI=1S/C10H19N3O/c1-8(2)13-4-3-10(12-13)5-9(6-11)7-14/h3-4,8-9,14H,5-7,11H2,1-2H3. The van der Waals surface area contributed by atoms with E-state index in [1.54, 1.807) is 0 Å². The summed E-state index contributed by atoms with van der Waals surface area (Å²) in [4.78, 5) is 0. The van der Waals surface area contributed by atoms with Crippen LogP contribution in [0.25, 0.3) is 0 Å². The van der Waals surface area contributed by atoms with Crippen molar-refractivity contribution >= 4 is 0 Å². The Labute approximate surface area is 84.7 Å². The van der Waals surface area contributed by atoms with Gasteiger partial charge in [0.2, 0.25) is 0 Å². The second-order valence-electron chi connectivity index (χ2n) is 3.87. The molecule has 80 valence electrons. The van der Waals surface area contributed by atoms with Gasteiger partial charge in [0.15, 0.2) is 0 Å². The highest BCUT2D eigenvalue weighted by atomic mass is 16.3. The van der Waals surface area contributed by atoms with E-state index in [2.05, 4.69) is 18.9 Å². The monoisotopic (exact) mass is 197 g/mol. The summed E-state index contributed by atoms with van der Waals surface area (Å²) < 4.78 is 1.92. The molecule has 0 saturated heterocycles. The summed E-state index contributed by atoms with van der Waals surface area (Å²) in [6.45, 7) is 4.81. The Kier molecular flexibility index (Phi) is 4.10. The van der Waals surface area contributed by atoms with Crippen molar-refractivity contribution in [2.24, 2.45) is 11.7 Å². The molecule has 0 bridgehead atoms. The molecule has 1 aromatic heterocycles. The fourth-order valence-electron chi connectivity index (χ4n) is 1.29. The third-order valence-corrected chi connectivity index (χ3v) is 2.28. The molecular formula is C10H19N3O. The summed E-state index contributed by atoms with van der Waals surface area (Å²) in [6.07, 6.45) is 2.72. The fourth-order valence-corrected chi connectivity index (χ4v) is 1.29. The molecule has 0 aliphatic carbocycles. The van der Waals surface area contributed by atoms with Crippen LogP contribution in [-0.2, 0) is 6.42 Å². The smallest absolute Gasteiger partial charge is 0.0628 e. The first-order valence-corrected chi connectivity index (χ1v) is 5.02. The third kappa shape index (κ3) is 2.82. The molecule has 0 aromatic carbocycles. The Morgan fingerprint density at radius 3 is 2.71 bits per heavy atom. The van der Waals surface area contributed by atoms with Crippen molar-refractivity contribution in [3.05, 3.63) is 18.0 Å². The van der Waals surface area contributed by atoms with Crippen molar-refractivity contribution in [3.63, 3.8) is 0 Å². The van der Waals surface area contributed by atoms with Gasteiger partial charge in [-0.15, -0.1) is 0 Å². The minimum absolute atomic E-state index is 0.130. The van der Waals surface area contributed by atoms with Crippen molar-refractivity contribution in [2.75, 3.05) is 13.2 Å². The third-order valence-electron chi connectivity index (χ3n) is 2.28. The number of nitrogens with two attached hydrogens (primary N) is 1. The molecule has 0 amide bonds. The van der Waals surface area contributed by atoms with Gasteiger partial charge in [0.1, 0.15) is 0 Å². The first kappa shape index (κ1) is 11.2. The molecule has 4 heteroatoms. The molecule has 0 radical (unpaired) electrons. The first-order chi connectivity index (χ1) is 6.67. The molecule has 3 N–H and O–H groups in total. The van der Waals surface area contributed by atoms with Crippen LogP contribution in [0.15, 0.2) is 12.3 Å². The maximum atomic E-state index is 8.99. The number of nitrogens with zero attached hydrogens (tertiary/aromatic N) is 2. The molecule has 0 aliphatic rings. The highest BCUT2D eigenvalue weighted by Gasteiger charge is 2.09. The molecule has 0 aliphatic heterocycles. The summed E-state index contributed by atoms with van der Waals surface area (Å²) in [5.41, 5.74) is 6.51. The maximum Gasteiger partial charge on any atom is 0.0628 e. The lowest BCUT2D eigenvalue weighted by Crippen LogP contribution is -2.20. The van der Waals surface area contributed by atoms with Crippen LogP contribution in [0.2, 0.25) is 0 Å². The highest BCUT2D eigenvalue weighted by molar-refractivity contribution is 5.01. The fraction of sp³-hybridized carbons (Fsp3) is 0.700. The molecule has 1 aromatic rings. The zero-order valence-corrected chi connectivity index (χ0v) is 8.85. The normalized spacial score (nSPS) is 13.5. The van der Waals surface area contributed by atoms with Gasteiger partial charge in [0.05, 0.1) is 5.69 Å². The van der Waals surface area contributed by atoms with Gasteiger partial charge in [-0.2, -0.15) is 5.10 Å². The summed E-state index contributed by atoms with van der Waals surface area (Å²) in [6, 6.07) is 2.37. The number of aliphatic hydroxyl groups is 1. The summed E-state index contributed by atoms with van der Waals surface area (Å²) in [5, 5.41) is 13.4. The van der Waals surface area contributed by atoms with Crippen molar-refractivity contribution in [2.45, 2.75) is 26.3 Å². The van der Waals surface area contributed by atoms with E-state index in [0.29, 0.717) is 12.6 Å². The van der Waals surface area contributed by atoms with Gasteiger partial charge in [-0.3, -0.25) is 4.68 Å². The molecule has 0 fully saturated rings. The van der Waals surface area contributed by atoms with Gasteiger partial charge in [-0.05, 0) is 38.8 Å². The molecular weight excluding hydrogens is 178 g/mol. The van der Waals surface area contributed by atoms with E-state index in [1.807, 2.05) is 16.9 Å². The van der Waals surface area contributed by atoms with E-state index in [1.165, 1.54) is 0 Å². The first-order valence-electron chi connectivity index (χ1n) is 5.02. The Balaban J connectivity index is 2.58. The zero-order valence-electron chi connectivity index (χ0n) is 8.85. The van der Waals surface area contributed by atoms with Crippen molar-refractivity contribution in [1.29, 1.82) is 0 Å². The van der Waals surface area contributed by atoms with Crippen molar-refractivity contribution in [1.82, 2.24) is 9.78 Å². The van der Waals surface area contributed by atoms with Crippen molar-refractivity contribution in [3.8, 4) is 0 Å². The lowest BCUT2D eigenvalue weighted by molar-refractivity contribution is 0.228. The minimum Gasteiger partial charge on any atom is -0.396 e. The molecule has 4 nitrogen and oxygen atoms in total. The van der Waals surface area contributed by atoms with E-state index in [9.17, 15) is 0 Å². The Hall–Kier alpha value is -0.870. The van der Waals surface area contributed by atoms with Gasteiger partial charge in [0.25, 0.3) is 0 Å². The number of aliphatic hydroxyl groups excluding tert-OH is 1. The minimum atomic E-state index is 0.130. The Bertz CT molecular complexity index is 266. The van der Waals surface area contributed by atoms with Gasteiger partial charge in [0, 0.05) is 18.8 Å². The average Bonchev–Trinajstić information content (AvgIpc) is 2.62. The van der Waals surface area contributed by atoms with Gasteiger partial charge >= 0.3 is 0 Å². The second-order valence-corrected chi connectivity index (χ2v) is 3.87. The van der Waals surface area contributed by atoms with E-state index >= 15 is 0 Å². The largest absolute Gasteiger partial charge is 0.396 e. The number of aromatic nitrogens is 2. The zero-order chi connectivity index (χ0) is 10.6. The van der Waals surface area contributed by atoms with Crippen molar-refractivity contribution < 1.29 is 5.11 Å². The second kappa shape index (κ2) is 5.12. The quantitative estimate of drug-likeness (QED) is 0.725. The number of hydrogen-bond donors (Lipinski definition) is 2. The summed E-state index contributed by atoms with van der Waals surface area (Å²) >= 11 is 0. The van der Waals surface area contributed by atoms with Gasteiger partial charge in [-0.25, -0.2) is 0 Å². The summed E-state index contributed by atoms with van der Waals surface area (Å²) in [5.74, 6) is 0.130. The number of rotatable bonds is 5. The predicted octanol–water partition coefficient (Wildman–Crippen LogP) is 0.574. The highest BCUT2D eigenvalue weighted by Crippen LogP contribution is 2.08. The molecule has 0 saturated carbocycles. The number of hydrogen-bond acceptors (Lipinski definition) is 3. The van der Waals surface area contributed by atoms with Crippen LogP contribution in [0.1, 0.15) is 25.6 Å². The molecule has 1 unspecified atom stereocenters. The van der Waals surface area contributed by atoms with Gasteiger partial charge < -0.3 is 10.8 Å². The van der Waals surface area contributed by atoms with E-state index in [0.717, 1.165) is 12.1 Å². The van der Waals surface area contributed by atoms with E-state index in [-0.39, 0.29) is 12.5 Å². The Morgan fingerprint density at radius 1 is 1.57 bits per heavy atom. The predicted molar refractivity (Wildman–Crippen MR) is 55.9 cm³/mol.